The summed E-state index contributed by atoms with van der Waals surface area (Å²) in [7, 11) is 0. The smallest absolute Gasteiger partial charge is 0.0918 e. The molecule has 0 fully saturated rings. The van der Waals surface area contributed by atoms with Crippen molar-refractivity contribution < 1.29 is 0 Å². The summed E-state index contributed by atoms with van der Waals surface area (Å²) in [6.07, 6.45) is 1.73. The standard InChI is InChI=1S/C7H7N5/c8-4-6(5-11-12-9)7-2-1-3-10-7/h1-3,6,10H,5H2/t6-/m0/s1. The quantitative estimate of drug-likeness (QED) is 0.409. The van der Waals surface area contributed by atoms with E-state index >= 15 is 0 Å². The van der Waals surface area contributed by atoms with E-state index < -0.39 is 0 Å². The van der Waals surface area contributed by atoms with Crippen LogP contribution in [0.25, 0.3) is 10.4 Å². The summed E-state index contributed by atoms with van der Waals surface area (Å²) in [6, 6.07) is 5.64. The first-order valence-electron chi connectivity index (χ1n) is 3.42. The van der Waals surface area contributed by atoms with Crippen LogP contribution in [0.4, 0.5) is 0 Å². The van der Waals surface area contributed by atoms with Crippen LogP contribution in [0.1, 0.15) is 11.6 Å². The Morgan fingerprint density at radius 3 is 3.17 bits per heavy atom. The Hall–Kier alpha value is -1.92. The number of hydrogen-bond donors (Lipinski definition) is 1. The third-order valence-electron chi connectivity index (χ3n) is 1.48. The van der Waals surface area contributed by atoms with Gasteiger partial charge >= 0.3 is 0 Å². The van der Waals surface area contributed by atoms with Crippen LogP contribution in [0.3, 0.4) is 0 Å². The number of rotatable bonds is 3. The Bertz CT molecular complexity index is 314. The SMILES string of the molecule is N#C[C@@H](CN=[N+]=[N-])c1ccc[nH]1. The van der Waals surface area contributed by atoms with E-state index in [-0.39, 0.29) is 12.5 Å². The Kier molecular flexibility index (Phi) is 2.77. The lowest BCUT2D eigenvalue weighted by Crippen LogP contribution is -1.98. The Morgan fingerprint density at radius 2 is 2.67 bits per heavy atom. The Labute approximate surface area is 69.3 Å². The van der Waals surface area contributed by atoms with Crippen LogP contribution in [-0.2, 0) is 0 Å². The van der Waals surface area contributed by atoms with E-state index in [0.29, 0.717) is 0 Å². The highest BCUT2D eigenvalue weighted by Crippen LogP contribution is 2.12. The summed E-state index contributed by atoms with van der Waals surface area (Å²) in [5.74, 6) is -0.365. The second-order valence-corrected chi connectivity index (χ2v) is 2.22. The molecule has 1 atom stereocenters. The molecule has 0 spiro atoms. The van der Waals surface area contributed by atoms with Gasteiger partial charge in [0, 0.05) is 23.3 Å². The van der Waals surface area contributed by atoms with Crippen molar-refractivity contribution in [3.05, 3.63) is 34.5 Å². The number of aromatic amines is 1. The lowest BCUT2D eigenvalue weighted by atomic mass is 10.1. The van der Waals surface area contributed by atoms with Crippen molar-refractivity contribution >= 4 is 0 Å². The lowest BCUT2D eigenvalue weighted by Gasteiger charge is -2.00. The summed E-state index contributed by atoms with van der Waals surface area (Å²) in [5.41, 5.74) is 8.83. The van der Waals surface area contributed by atoms with Crippen LogP contribution < -0.4 is 0 Å². The Balaban J connectivity index is 2.71. The first-order valence-corrected chi connectivity index (χ1v) is 3.42. The molecule has 0 saturated carbocycles. The minimum absolute atomic E-state index is 0.174. The molecule has 12 heavy (non-hydrogen) atoms. The summed E-state index contributed by atoms with van der Waals surface area (Å²) in [5, 5.41) is 12.0. The first-order chi connectivity index (χ1) is 5.88. The highest BCUT2D eigenvalue weighted by atomic mass is 15.1. The summed E-state index contributed by atoms with van der Waals surface area (Å²) < 4.78 is 0. The lowest BCUT2D eigenvalue weighted by molar-refractivity contribution is 0.829. The largest absolute Gasteiger partial charge is 0.364 e. The van der Waals surface area contributed by atoms with E-state index in [2.05, 4.69) is 15.0 Å². The maximum Gasteiger partial charge on any atom is 0.0918 e. The van der Waals surface area contributed by atoms with Crippen molar-refractivity contribution in [1.29, 1.82) is 5.26 Å². The van der Waals surface area contributed by atoms with Gasteiger partial charge in [0.1, 0.15) is 0 Å². The van der Waals surface area contributed by atoms with Gasteiger partial charge < -0.3 is 4.98 Å². The second kappa shape index (κ2) is 4.06. The van der Waals surface area contributed by atoms with Gasteiger partial charge in [0.15, 0.2) is 0 Å². The van der Waals surface area contributed by atoms with Gasteiger partial charge in [-0.2, -0.15) is 5.26 Å². The monoisotopic (exact) mass is 161 g/mol. The summed E-state index contributed by atoms with van der Waals surface area (Å²) >= 11 is 0. The molecule has 0 unspecified atom stereocenters. The van der Waals surface area contributed by atoms with Crippen LogP contribution in [0, 0.1) is 11.3 Å². The van der Waals surface area contributed by atoms with E-state index in [1.54, 1.807) is 18.3 Å². The van der Waals surface area contributed by atoms with Crippen LogP contribution in [0.5, 0.6) is 0 Å². The second-order valence-electron chi connectivity index (χ2n) is 2.22. The Morgan fingerprint density at radius 1 is 1.83 bits per heavy atom. The van der Waals surface area contributed by atoms with E-state index in [1.807, 2.05) is 6.07 Å². The average molecular weight is 161 g/mol. The van der Waals surface area contributed by atoms with Gasteiger partial charge in [-0.25, -0.2) is 0 Å². The molecule has 0 bridgehead atoms. The van der Waals surface area contributed by atoms with Crippen LogP contribution in [0.15, 0.2) is 23.4 Å². The van der Waals surface area contributed by atoms with Gasteiger partial charge in [0.05, 0.1) is 12.0 Å². The van der Waals surface area contributed by atoms with E-state index in [0.717, 1.165) is 5.69 Å². The molecule has 1 N–H and O–H groups in total. The molecule has 1 aromatic heterocycles. The molecule has 0 aliphatic heterocycles. The normalized spacial score (nSPS) is 11.2. The number of nitrogens with zero attached hydrogens (tertiary/aromatic N) is 4. The molecule has 0 saturated heterocycles. The predicted octanol–water partition coefficient (Wildman–Crippen LogP) is 1.93. The summed E-state index contributed by atoms with van der Waals surface area (Å²) in [6.45, 7) is 0.174. The molecule has 5 heteroatoms. The third-order valence-corrected chi connectivity index (χ3v) is 1.48. The molecular weight excluding hydrogens is 154 g/mol. The number of H-pyrrole nitrogens is 1. The predicted molar refractivity (Wildman–Crippen MR) is 43.2 cm³/mol. The first kappa shape index (κ1) is 8.18. The molecular formula is C7H7N5. The van der Waals surface area contributed by atoms with E-state index in [1.165, 1.54) is 0 Å². The highest BCUT2D eigenvalue weighted by Gasteiger charge is 2.08. The molecule has 0 aliphatic carbocycles. The van der Waals surface area contributed by atoms with Crippen molar-refractivity contribution in [2.75, 3.05) is 6.54 Å². The van der Waals surface area contributed by atoms with Crippen LogP contribution in [0.2, 0.25) is 0 Å². The van der Waals surface area contributed by atoms with Gasteiger partial charge in [-0.15, -0.1) is 0 Å². The fraction of sp³-hybridized carbons (Fsp3) is 0.286. The maximum absolute atomic E-state index is 8.67. The van der Waals surface area contributed by atoms with Gasteiger partial charge in [0.25, 0.3) is 0 Å². The molecule has 60 valence electrons. The van der Waals surface area contributed by atoms with Crippen molar-refractivity contribution in [3.63, 3.8) is 0 Å². The minimum atomic E-state index is -0.365. The van der Waals surface area contributed by atoms with Crippen molar-refractivity contribution in [2.24, 2.45) is 5.11 Å². The van der Waals surface area contributed by atoms with Crippen molar-refractivity contribution in [2.45, 2.75) is 5.92 Å². The zero-order valence-electron chi connectivity index (χ0n) is 6.31. The minimum Gasteiger partial charge on any atom is -0.364 e. The molecule has 1 aromatic rings. The summed E-state index contributed by atoms with van der Waals surface area (Å²) in [4.78, 5) is 5.48. The van der Waals surface area contributed by atoms with Gasteiger partial charge in [-0.1, -0.05) is 5.11 Å². The van der Waals surface area contributed by atoms with Crippen molar-refractivity contribution in [3.8, 4) is 6.07 Å². The topological polar surface area (TPSA) is 88.3 Å². The van der Waals surface area contributed by atoms with E-state index in [9.17, 15) is 0 Å². The van der Waals surface area contributed by atoms with Crippen LogP contribution in [-0.4, -0.2) is 11.5 Å². The number of nitrogens with one attached hydrogen (secondary N) is 1. The fourth-order valence-electron chi connectivity index (χ4n) is 0.888. The molecule has 1 heterocycles. The fourth-order valence-corrected chi connectivity index (χ4v) is 0.888. The van der Waals surface area contributed by atoms with Gasteiger partial charge in [0.2, 0.25) is 0 Å². The van der Waals surface area contributed by atoms with Crippen molar-refractivity contribution in [1.82, 2.24) is 4.98 Å². The number of hydrogen-bond acceptors (Lipinski definition) is 2. The molecule has 0 amide bonds. The zero-order chi connectivity index (χ0) is 8.81. The van der Waals surface area contributed by atoms with Gasteiger partial charge in [-0.3, -0.25) is 0 Å². The number of aromatic nitrogens is 1. The molecule has 1 rings (SSSR count). The molecule has 0 aromatic carbocycles. The molecule has 0 aliphatic rings. The molecule has 5 nitrogen and oxygen atoms in total. The van der Waals surface area contributed by atoms with E-state index in [4.69, 9.17) is 10.8 Å². The van der Waals surface area contributed by atoms with Crippen LogP contribution >= 0.6 is 0 Å². The third kappa shape index (κ3) is 1.78. The highest BCUT2D eigenvalue weighted by molar-refractivity contribution is 5.17. The molecule has 0 radical (unpaired) electrons. The number of nitriles is 1. The number of azide groups is 1. The zero-order valence-corrected chi connectivity index (χ0v) is 6.31. The average Bonchev–Trinajstić information content (AvgIpc) is 2.59. The van der Waals surface area contributed by atoms with Gasteiger partial charge in [-0.05, 0) is 17.7 Å². The maximum atomic E-state index is 8.67.